The quantitative estimate of drug-likeness (QED) is 0.568. The molecule has 1 atom stereocenters. The lowest BCUT2D eigenvalue weighted by molar-refractivity contribution is -0.122. The summed E-state index contributed by atoms with van der Waals surface area (Å²) in [5, 5.41) is 10.8. The summed E-state index contributed by atoms with van der Waals surface area (Å²) in [6, 6.07) is 2.21. The zero-order valence-corrected chi connectivity index (χ0v) is 8.20. The Balaban J connectivity index is 2.29. The minimum atomic E-state index is -0.0908. The number of likely N-dealkylation sites (tertiary alicyclic amines) is 1. The second-order valence-corrected chi connectivity index (χ2v) is 3.44. The van der Waals surface area contributed by atoms with E-state index >= 15 is 0 Å². The first-order valence-corrected chi connectivity index (χ1v) is 4.85. The fourth-order valence-corrected chi connectivity index (χ4v) is 1.75. The molecule has 1 amide bonds. The van der Waals surface area contributed by atoms with Crippen LogP contribution in [-0.2, 0) is 4.79 Å². The van der Waals surface area contributed by atoms with E-state index in [2.05, 4.69) is 10.2 Å². The van der Waals surface area contributed by atoms with E-state index in [1.165, 1.54) is 0 Å². The Kier molecular flexibility index (Phi) is 4.36. The molecular weight excluding hydrogens is 180 g/mol. The van der Waals surface area contributed by atoms with Crippen molar-refractivity contribution >= 4 is 5.91 Å². The number of carbonyl (C=O) groups excluding carboxylic acids is 1. The molecule has 0 saturated carbocycles. The van der Waals surface area contributed by atoms with Crippen LogP contribution in [0.15, 0.2) is 0 Å². The number of carbonyl (C=O) groups is 1. The molecule has 0 bridgehead atoms. The minimum Gasteiger partial charge on any atom is -0.342 e. The third kappa shape index (κ3) is 2.98. The van der Waals surface area contributed by atoms with Gasteiger partial charge in [-0.15, -0.1) is 0 Å². The van der Waals surface area contributed by atoms with Gasteiger partial charge in [-0.1, -0.05) is 0 Å². The fraction of sp³-hybridized carbons (Fsp3) is 0.778. The van der Waals surface area contributed by atoms with E-state index in [1.807, 2.05) is 6.07 Å². The molecule has 78 valence electrons. The van der Waals surface area contributed by atoms with Crippen molar-refractivity contribution in [2.24, 2.45) is 5.73 Å². The van der Waals surface area contributed by atoms with Crippen LogP contribution in [0.1, 0.15) is 12.8 Å². The maximum atomic E-state index is 11.3. The second-order valence-electron chi connectivity index (χ2n) is 3.44. The first kappa shape index (κ1) is 11.0. The fourth-order valence-electron chi connectivity index (χ4n) is 1.75. The van der Waals surface area contributed by atoms with Crippen molar-refractivity contribution in [1.82, 2.24) is 10.2 Å². The molecule has 0 aromatic heterocycles. The largest absolute Gasteiger partial charge is 0.342 e. The van der Waals surface area contributed by atoms with Gasteiger partial charge in [-0.2, -0.15) is 5.26 Å². The summed E-state index contributed by atoms with van der Waals surface area (Å²) in [5.74, 6) is -0.0908. The van der Waals surface area contributed by atoms with Crippen LogP contribution in [0.25, 0.3) is 0 Å². The Morgan fingerprint density at radius 2 is 2.50 bits per heavy atom. The molecule has 0 aliphatic carbocycles. The average Bonchev–Trinajstić information content (AvgIpc) is 2.62. The Hall–Kier alpha value is -1.12. The van der Waals surface area contributed by atoms with E-state index in [-0.39, 0.29) is 12.5 Å². The van der Waals surface area contributed by atoms with E-state index < -0.39 is 0 Å². The van der Waals surface area contributed by atoms with Crippen LogP contribution in [0, 0.1) is 11.3 Å². The van der Waals surface area contributed by atoms with Gasteiger partial charge in [0.15, 0.2) is 0 Å². The highest BCUT2D eigenvalue weighted by atomic mass is 16.2. The number of nitrogens with two attached hydrogens (primary N) is 1. The van der Waals surface area contributed by atoms with Gasteiger partial charge >= 0.3 is 0 Å². The maximum absolute atomic E-state index is 11.3. The molecule has 0 radical (unpaired) electrons. The molecule has 1 rings (SSSR count). The van der Waals surface area contributed by atoms with Gasteiger partial charge in [0.25, 0.3) is 0 Å². The molecule has 1 saturated heterocycles. The van der Waals surface area contributed by atoms with Crippen LogP contribution in [0.5, 0.6) is 0 Å². The molecule has 1 unspecified atom stereocenters. The Morgan fingerprint density at radius 3 is 3.14 bits per heavy atom. The van der Waals surface area contributed by atoms with E-state index in [1.54, 1.807) is 0 Å². The predicted octanol–water partition coefficient (Wildman–Crippen LogP) is -0.951. The molecule has 0 aromatic rings. The number of nitriles is 1. The summed E-state index contributed by atoms with van der Waals surface area (Å²) in [7, 11) is 0. The number of nitrogens with one attached hydrogen (secondary N) is 1. The van der Waals surface area contributed by atoms with Gasteiger partial charge in [0, 0.05) is 12.6 Å². The lowest BCUT2D eigenvalue weighted by Gasteiger charge is -2.21. The third-order valence-corrected chi connectivity index (χ3v) is 2.48. The van der Waals surface area contributed by atoms with Crippen LogP contribution in [0.4, 0.5) is 0 Å². The second kappa shape index (κ2) is 5.58. The topological polar surface area (TPSA) is 82.2 Å². The number of hydrogen-bond acceptors (Lipinski definition) is 4. The monoisotopic (exact) mass is 196 g/mol. The molecular formula is C9H16N4O. The third-order valence-electron chi connectivity index (χ3n) is 2.48. The molecule has 0 spiro atoms. The zero-order chi connectivity index (χ0) is 10.4. The van der Waals surface area contributed by atoms with Crippen LogP contribution >= 0.6 is 0 Å². The summed E-state index contributed by atoms with van der Waals surface area (Å²) in [4.78, 5) is 13.4. The molecule has 5 heteroatoms. The Bertz CT molecular complexity index is 235. The van der Waals surface area contributed by atoms with Crippen LogP contribution in [0.2, 0.25) is 0 Å². The highest BCUT2D eigenvalue weighted by Gasteiger charge is 2.24. The first-order valence-electron chi connectivity index (χ1n) is 4.85. The SMILES string of the molecule is N#CCNC(=O)CN1CCCC1CN. The molecule has 5 nitrogen and oxygen atoms in total. The highest BCUT2D eigenvalue weighted by Crippen LogP contribution is 2.14. The molecule has 1 aliphatic rings. The van der Waals surface area contributed by atoms with E-state index in [0.29, 0.717) is 19.1 Å². The van der Waals surface area contributed by atoms with Gasteiger partial charge < -0.3 is 11.1 Å². The van der Waals surface area contributed by atoms with Crippen molar-refractivity contribution in [3.8, 4) is 6.07 Å². The van der Waals surface area contributed by atoms with Gasteiger partial charge in [0.1, 0.15) is 6.54 Å². The lowest BCUT2D eigenvalue weighted by Crippen LogP contribution is -2.42. The number of hydrogen-bond donors (Lipinski definition) is 2. The van der Waals surface area contributed by atoms with Crippen molar-refractivity contribution in [3.63, 3.8) is 0 Å². The summed E-state index contributed by atoms with van der Waals surface area (Å²) in [6.45, 7) is 1.98. The Labute approximate surface area is 83.9 Å². The molecule has 14 heavy (non-hydrogen) atoms. The normalized spacial score (nSPS) is 21.9. The summed E-state index contributed by atoms with van der Waals surface area (Å²) in [5.41, 5.74) is 5.57. The van der Waals surface area contributed by atoms with Crippen LogP contribution in [0.3, 0.4) is 0 Å². The van der Waals surface area contributed by atoms with E-state index in [0.717, 1.165) is 19.4 Å². The molecule has 0 aromatic carbocycles. The van der Waals surface area contributed by atoms with E-state index in [9.17, 15) is 4.79 Å². The summed E-state index contributed by atoms with van der Waals surface area (Å²) < 4.78 is 0. The van der Waals surface area contributed by atoms with Gasteiger partial charge in [0.2, 0.25) is 5.91 Å². The standard InChI is InChI=1S/C9H16N4O/c10-3-4-12-9(14)7-13-5-1-2-8(13)6-11/h8H,1-2,4-7,11H2,(H,12,14). The van der Waals surface area contributed by atoms with Crippen molar-refractivity contribution in [2.45, 2.75) is 18.9 Å². The van der Waals surface area contributed by atoms with Crippen molar-refractivity contribution in [3.05, 3.63) is 0 Å². The zero-order valence-electron chi connectivity index (χ0n) is 8.20. The summed E-state index contributed by atoms with van der Waals surface area (Å²) in [6.07, 6.45) is 2.18. The molecule has 1 heterocycles. The smallest absolute Gasteiger partial charge is 0.235 e. The lowest BCUT2D eigenvalue weighted by atomic mass is 10.2. The van der Waals surface area contributed by atoms with Crippen LogP contribution < -0.4 is 11.1 Å². The number of nitrogens with zero attached hydrogens (tertiary/aromatic N) is 2. The predicted molar refractivity (Wildman–Crippen MR) is 52.3 cm³/mol. The average molecular weight is 196 g/mol. The molecule has 1 fully saturated rings. The van der Waals surface area contributed by atoms with Gasteiger partial charge in [0.05, 0.1) is 12.6 Å². The van der Waals surface area contributed by atoms with Crippen molar-refractivity contribution in [2.75, 3.05) is 26.2 Å². The molecule has 1 aliphatic heterocycles. The first-order chi connectivity index (χ1) is 6.77. The number of rotatable bonds is 4. The highest BCUT2D eigenvalue weighted by molar-refractivity contribution is 5.78. The van der Waals surface area contributed by atoms with Gasteiger partial charge in [-0.05, 0) is 19.4 Å². The van der Waals surface area contributed by atoms with Gasteiger partial charge in [-0.3, -0.25) is 9.69 Å². The minimum absolute atomic E-state index is 0.0833. The van der Waals surface area contributed by atoms with Crippen LogP contribution in [-0.4, -0.2) is 43.0 Å². The van der Waals surface area contributed by atoms with E-state index in [4.69, 9.17) is 11.0 Å². The molecule has 3 N–H and O–H groups in total. The van der Waals surface area contributed by atoms with Crippen molar-refractivity contribution < 1.29 is 4.79 Å². The Morgan fingerprint density at radius 1 is 1.71 bits per heavy atom. The summed E-state index contributed by atoms with van der Waals surface area (Å²) >= 11 is 0. The maximum Gasteiger partial charge on any atom is 0.235 e. The number of amides is 1. The van der Waals surface area contributed by atoms with Crippen molar-refractivity contribution in [1.29, 1.82) is 5.26 Å². The van der Waals surface area contributed by atoms with Gasteiger partial charge in [-0.25, -0.2) is 0 Å².